The Balaban J connectivity index is 1.43. The van der Waals surface area contributed by atoms with E-state index >= 15 is 0 Å². The van der Waals surface area contributed by atoms with Gasteiger partial charge in [-0.05, 0) is 30.3 Å². The topological polar surface area (TPSA) is 65.1 Å². The quantitative estimate of drug-likeness (QED) is 0.788. The Morgan fingerprint density at radius 3 is 2.62 bits per heavy atom. The van der Waals surface area contributed by atoms with Gasteiger partial charge in [0, 0.05) is 37.9 Å². The molecule has 0 spiro atoms. The number of rotatable bonds is 3. The number of pyridine rings is 1. The van der Waals surface area contributed by atoms with Gasteiger partial charge in [0.1, 0.15) is 17.3 Å². The number of amides is 1. The summed E-state index contributed by atoms with van der Waals surface area (Å²) < 4.78 is 13.4. The molecule has 1 N–H and O–H groups in total. The van der Waals surface area contributed by atoms with Gasteiger partial charge in [0.2, 0.25) is 0 Å². The molecule has 1 saturated heterocycles. The van der Waals surface area contributed by atoms with Gasteiger partial charge in [-0.25, -0.2) is 9.37 Å². The van der Waals surface area contributed by atoms with E-state index in [1.165, 1.54) is 12.1 Å². The summed E-state index contributed by atoms with van der Waals surface area (Å²) in [6.45, 7) is 2.69. The lowest BCUT2D eigenvalue weighted by Gasteiger charge is -2.35. The predicted molar refractivity (Wildman–Crippen MR) is 96.3 cm³/mol. The number of benzene rings is 1. The Labute approximate surface area is 150 Å². The van der Waals surface area contributed by atoms with Crippen LogP contribution in [0, 0.1) is 5.82 Å². The highest BCUT2D eigenvalue weighted by atomic mass is 19.1. The maximum Gasteiger partial charge on any atom is 0.272 e. The zero-order valence-electron chi connectivity index (χ0n) is 14.1. The third-order valence-electron chi connectivity index (χ3n) is 4.47. The summed E-state index contributed by atoms with van der Waals surface area (Å²) in [6, 6.07) is 13.6. The fourth-order valence-electron chi connectivity index (χ4n) is 3.08. The number of carbonyl (C=O) groups is 1. The van der Waals surface area contributed by atoms with Crippen LogP contribution in [0.4, 0.5) is 10.2 Å². The second-order valence-electron chi connectivity index (χ2n) is 6.14. The van der Waals surface area contributed by atoms with Crippen LogP contribution in [-0.4, -0.2) is 52.2 Å². The van der Waals surface area contributed by atoms with Crippen molar-refractivity contribution in [3.8, 4) is 11.3 Å². The largest absolute Gasteiger partial charge is 0.353 e. The summed E-state index contributed by atoms with van der Waals surface area (Å²) in [5.74, 6) is 0.499. The smallest absolute Gasteiger partial charge is 0.272 e. The third kappa shape index (κ3) is 3.28. The van der Waals surface area contributed by atoms with E-state index in [1.54, 1.807) is 29.3 Å². The first-order valence-corrected chi connectivity index (χ1v) is 8.47. The van der Waals surface area contributed by atoms with Crippen molar-refractivity contribution in [2.45, 2.75) is 0 Å². The van der Waals surface area contributed by atoms with Crippen molar-refractivity contribution in [1.82, 2.24) is 20.1 Å². The average Bonchev–Trinajstić information content (AvgIpc) is 3.18. The number of aromatic amines is 1. The van der Waals surface area contributed by atoms with Crippen molar-refractivity contribution in [1.29, 1.82) is 0 Å². The van der Waals surface area contributed by atoms with Crippen LogP contribution in [0.2, 0.25) is 0 Å². The number of nitrogens with one attached hydrogen (secondary N) is 1. The van der Waals surface area contributed by atoms with Gasteiger partial charge in [0.25, 0.3) is 5.91 Å². The molecule has 132 valence electrons. The summed E-state index contributed by atoms with van der Waals surface area (Å²) >= 11 is 0. The first kappa shape index (κ1) is 16.3. The van der Waals surface area contributed by atoms with Crippen LogP contribution in [0.5, 0.6) is 0 Å². The monoisotopic (exact) mass is 351 g/mol. The van der Waals surface area contributed by atoms with Crippen molar-refractivity contribution in [2.24, 2.45) is 0 Å². The first-order chi connectivity index (χ1) is 12.7. The van der Waals surface area contributed by atoms with Gasteiger partial charge < -0.3 is 9.80 Å². The first-order valence-electron chi connectivity index (χ1n) is 8.47. The molecule has 1 fully saturated rings. The number of carbonyl (C=O) groups excluding carboxylic acids is 1. The summed E-state index contributed by atoms with van der Waals surface area (Å²) in [7, 11) is 0. The standard InChI is InChI=1S/C19H18FN5O/c20-15-5-3-4-14(12-15)16-13-17(23-22-16)19(26)25-10-8-24(9-11-25)18-6-1-2-7-21-18/h1-7,12-13H,8-11H2,(H,22,23). The molecule has 1 aliphatic rings. The summed E-state index contributed by atoms with van der Waals surface area (Å²) in [6.07, 6.45) is 1.77. The van der Waals surface area contributed by atoms with Gasteiger partial charge >= 0.3 is 0 Å². The minimum absolute atomic E-state index is 0.0965. The SMILES string of the molecule is O=C(c1cc(-c2cccc(F)c2)n[nH]1)N1CCN(c2ccccn2)CC1. The maximum absolute atomic E-state index is 13.4. The highest BCUT2D eigenvalue weighted by Crippen LogP contribution is 2.20. The molecule has 1 aromatic carbocycles. The number of hydrogen-bond acceptors (Lipinski definition) is 4. The van der Waals surface area contributed by atoms with Gasteiger partial charge in [-0.3, -0.25) is 9.89 Å². The molecule has 0 atom stereocenters. The van der Waals surface area contributed by atoms with Crippen LogP contribution in [0.15, 0.2) is 54.7 Å². The van der Waals surface area contributed by atoms with Crippen molar-refractivity contribution in [2.75, 3.05) is 31.1 Å². The van der Waals surface area contributed by atoms with E-state index in [0.717, 1.165) is 18.9 Å². The lowest BCUT2D eigenvalue weighted by Crippen LogP contribution is -2.49. The molecule has 6 nitrogen and oxygen atoms in total. The molecule has 3 heterocycles. The Kier molecular flexibility index (Phi) is 4.35. The lowest BCUT2D eigenvalue weighted by molar-refractivity contribution is 0.0740. The van der Waals surface area contributed by atoms with E-state index in [9.17, 15) is 9.18 Å². The van der Waals surface area contributed by atoms with E-state index < -0.39 is 0 Å². The van der Waals surface area contributed by atoms with Crippen LogP contribution < -0.4 is 4.90 Å². The number of piperazine rings is 1. The number of halogens is 1. The number of H-pyrrole nitrogens is 1. The molecule has 7 heteroatoms. The molecular weight excluding hydrogens is 333 g/mol. The van der Waals surface area contributed by atoms with Gasteiger partial charge in [-0.2, -0.15) is 5.10 Å². The molecule has 26 heavy (non-hydrogen) atoms. The molecule has 2 aromatic heterocycles. The molecule has 3 aromatic rings. The molecule has 1 aliphatic heterocycles. The molecule has 1 amide bonds. The van der Waals surface area contributed by atoms with Gasteiger partial charge in [-0.1, -0.05) is 18.2 Å². The summed E-state index contributed by atoms with van der Waals surface area (Å²) in [4.78, 5) is 21.0. The lowest BCUT2D eigenvalue weighted by atomic mass is 10.1. The normalized spacial score (nSPS) is 14.5. The third-order valence-corrected chi connectivity index (χ3v) is 4.47. The second kappa shape index (κ2) is 6.95. The molecule has 0 unspecified atom stereocenters. The number of hydrogen-bond donors (Lipinski definition) is 1. The maximum atomic E-state index is 13.4. The Morgan fingerprint density at radius 2 is 1.88 bits per heavy atom. The molecule has 4 rings (SSSR count). The van der Waals surface area contributed by atoms with Gasteiger partial charge in [0.05, 0.1) is 5.69 Å². The summed E-state index contributed by atoms with van der Waals surface area (Å²) in [5.41, 5.74) is 1.61. The number of anilines is 1. The average molecular weight is 351 g/mol. The number of nitrogens with zero attached hydrogens (tertiary/aromatic N) is 4. The van der Waals surface area contributed by atoms with Crippen molar-refractivity contribution in [3.05, 3.63) is 66.2 Å². The zero-order chi connectivity index (χ0) is 17.9. The Hall–Kier alpha value is -3.22. The zero-order valence-corrected chi connectivity index (χ0v) is 14.1. The highest BCUT2D eigenvalue weighted by molar-refractivity contribution is 5.93. The minimum atomic E-state index is -0.330. The van der Waals surface area contributed by atoms with E-state index in [1.807, 2.05) is 18.2 Å². The molecule has 0 aliphatic carbocycles. The van der Waals surface area contributed by atoms with E-state index in [0.29, 0.717) is 30.0 Å². The van der Waals surface area contributed by atoms with Crippen LogP contribution in [0.1, 0.15) is 10.5 Å². The number of aromatic nitrogens is 3. The van der Waals surface area contributed by atoms with Crippen LogP contribution in [0.3, 0.4) is 0 Å². The fraction of sp³-hybridized carbons (Fsp3) is 0.211. The molecule has 0 radical (unpaired) electrons. The fourth-order valence-corrected chi connectivity index (χ4v) is 3.08. The highest BCUT2D eigenvalue weighted by Gasteiger charge is 2.24. The van der Waals surface area contributed by atoms with Gasteiger partial charge in [0.15, 0.2) is 0 Å². The van der Waals surface area contributed by atoms with Crippen molar-refractivity contribution >= 4 is 11.7 Å². The predicted octanol–water partition coefficient (Wildman–Crippen LogP) is 2.57. The Morgan fingerprint density at radius 1 is 1.04 bits per heavy atom. The molecular formula is C19H18FN5O. The summed E-state index contributed by atoms with van der Waals surface area (Å²) in [5, 5.41) is 6.92. The van der Waals surface area contributed by atoms with Crippen LogP contribution in [0.25, 0.3) is 11.3 Å². The van der Waals surface area contributed by atoms with Crippen molar-refractivity contribution in [3.63, 3.8) is 0 Å². The van der Waals surface area contributed by atoms with E-state index in [-0.39, 0.29) is 11.7 Å². The van der Waals surface area contributed by atoms with Crippen LogP contribution >= 0.6 is 0 Å². The molecule has 0 bridgehead atoms. The Bertz CT molecular complexity index is 903. The second-order valence-corrected chi connectivity index (χ2v) is 6.14. The van der Waals surface area contributed by atoms with Crippen molar-refractivity contribution < 1.29 is 9.18 Å². The van der Waals surface area contributed by atoms with E-state index in [2.05, 4.69) is 20.1 Å². The van der Waals surface area contributed by atoms with Gasteiger partial charge in [-0.15, -0.1) is 0 Å². The minimum Gasteiger partial charge on any atom is -0.353 e. The molecule has 0 saturated carbocycles. The van der Waals surface area contributed by atoms with E-state index in [4.69, 9.17) is 0 Å². The van der Waals surface area contributed by atoms with Crippen LogP contribution in [-0.2, 0) is 0 Å².